The number of benzene rings is 1. The predicted octanol–water partition coefficient (Wildman–Crippen LogP) is 3.95. The van der Waals surface area contributed by atoms with Crippen molar-refractivity contribution in [1.29, 1.82) is 0 Å². The van der Waals surface area contributed by atoms with Gasteiger partial charge in [-0.1, -0.05) is 24.6 Å². The molecule has 0 unspecified atom stereocenters. The Kier molecular flexibility index (Phi) is 3.57. The van der Waals surface area contributed by atoms with Gasteiger partial charge >= 0.3 is 0 Å². The molecule has 0 aliphatic carbocycles. The largest absolute Gasteiger partial charge is 0.232 e. The fraction of sp³-hybridized carbons (Fsp3) is 0.231. The quantitative estimate of drug-likeness (QED) is 0.771. The van der Waals surface area contributed by atoms with Gasteiger partial charge in [0.2, 0.25) is 0 Å². The van der Waals surface area contributed by atoms with E-state index < -0.39 is 11.6 Å². The van der Waals surface area contributed by atoms with Crippen LogP contribution in [0.15, 0.2) is 18.2 Å². The van der Waals surface area contributed by atoms with Crippen LogP contribution in [0.25, 0.3) is 11.3 Å². The molecule has 0 spiro atoms. The summed E-state index contributed by atoms with van der Waals surface area (Å²) in [7, 11) is 0. The van der Waals surface area contributed by atoms with Crippen LogP contribution in [0.4, 0.5) is 8.78 Å². The Labute approximate surface area is 109 Å². The number of aromatic nitrogens is 2. The van der Waals surface area contributed by atoms with E-state index in [1.807, 2.05) is 6.92 Å². The molecule has 1 heterocycles. The van der Waals surface area contributed by atoms with Crippen molar-refractivity contribution in [2.75, 3.05) is 0 Å². The van der Waals surface area contributed by atoms with E-state index in [4.69, 9.17) is 11.6 Å². The van der Waals surface area contributed by atoms with E-state index in [0.29, 0.717) is 17.8 Å². The van der Waals surface area contributed by atoms with E-state index in [-0.39, 0.29) is 16.4 Å². The van der Waals surface area contributed by atoms with Crippen LogP contribution in [0.1, 0.15) is 18.3 Å². The van der Waals surface area contributed by atoms with Crippen molar-refractivity contribution in [2.24, 2.45) is 0 Å². The van der Waals surface area contributed by atoms with E-state index >= 15 is 0 Å². The molecule has 1 aromatic heterocycles. The van der Waals surface area contributed by atoms with Gasteiger partial charge in [-0.3, -0.25) is 0 Å². The first kappa shape index (κ1) is 12.9. The molecule has 0 aliphatic rings. The molecule has 2 aromatic rings. The molecular weight excluding hydrogens is 258 g/mol. The van der Waals surface area contributed by atoms with E-state index in [1.165, 1.54) is 18.2 Å². The predicted molar refractivity (Wildman–Crippen MR) is 66.5 cm³/mol. The molecule has 2 rings (SSSR count). The number of rotatable bonds is 2. The highest BCUT2D eigenvalue weighted by Gasteiger charge is 2.17. The fourth-order valence-electron chi connectivity index (χ4n) is 1.66. The summed E-state index contributed by atoms with van der Waals surface area (Å²) in [6.07, 6.45) is 0.545. The molecule has 18 heavy (non-hydrogen) atoms. The molecule has 0 amide bonds. The van der Waals surface area contributed by atoms with Gasteiger partial charge in [-0.25, -0.2) is 18.7 Å². The number of hydrogen-bond acceptors (Lipinski definition) is 2. The molecule has 2 nitrogen and oxygen atoms in total. The Morgan fingerprint density at radius 1 is 1.17 bits per heavy atom. The first-order chi connectivity index (χ1) is 8.54. The summed E-state index contributed by atoms with van der Waals surface area (Å²) in [6, 6.07) is 3.70. The lowest BCUT2D eigenvalue weighted by molar-refractivity contribution is 0.588. The zero-order valence-corrected chi connectivity index (χ0v) is 10.7. The third kappa shape index (κ3) is 2.20. The molecule has 0 radical (unpaired) electrons. The molecular formula is C13H11ClF2N2. The van der Waals surface area contributed by atoms with Gasteiger partial charge < -0.3 is 0 Å². The maximum absolute atomic E-state index is 13.7. The molecule has 0 bridgehead atoms. The molecule has 0 aliphatic heterocycles. The van der Waals surface area contributed by atoms with Crippen LogP contribution in [0.2, 0.25) is 5.15 Å². The van der Waals surface area contributed by atoms with E-state index in [2.05, 4.69) is 9.97 Å². The van der Waals surface area contributed by atoms with E-state index in [0.717, 1.165) is 0 Å². The highest BCUT2D eigenvalue weighted by atomic mass is 35.5. The third-order valence-electron chi connectivity index (χ3n) is 2.65. The van der Waals surface area contributed by atoms with Gasteiger partial charge in [0, 0.05) is 12.0 Å². The maximum Gasteiger partial charge on any atom is 0.136 e. The summed E-state index contributed by atoms with van der Waals surface area (Å²) >= 11 is 5.96. The second kappa shape index (κ2) is 4.98. The highest BCUT2D eigenvalue weighted by Crippen LogP contribution is 2.29. The smallest absolute Gasteiger partial charge is 0.136 e. The van der Waals surface area contributed by atoms with E-state index in [1.54, 1.807) is 6.92 Å². The van der Waals surface area contributed by atoms with Crippen LogP contribution >= 0.6 is 11.6 Å². The van der Waals surface area contributed by atoms with E-state index in [9.17, 15) is 8.78 Å². The Morgan fingerprint density at radius 3 is 2.33 bits per heavy atom. The molecule has 94 valence electrons. The van der Waals surface area contributed by atoms with Crippen LogP contribution in [0.5, 0.6) is 0 Å². The van der Waals surface area contributed by atoms with Crippen molar-refractivity contribution in [3.63, 3.8) is 0 Å². The first-order valence-electron chi connectivity index (χ1n) is 5.52. The Balaban J connectivity index is 2.74. The maximum atomic E-state index is 13.7. The van der Waals surface area contributed by atoms with Gasteiger partial charge in [0.25, 0.3) is 0 Å². The third-order valence-corrected chi connectivity index (χ3v) is 3.02. The monoisotopic (exact) mass is 268 g/mol. The van der Waals surface area contributed by atoms with Crippen LogP contribution in [-0.2, 0) is 6.42 Å². The topological polar surface area (TPSA) is 25.8 Å². The molecule has 0 fully saturated rings. The molecule has 1 aromatic carbocycles. The first-order valence-corrected chi connectivity index (χ1v) is 5.89. The SMILES string of the molecule is CCc1nc(Cl)c(C)c(-c2c(F)cccc2F)n1. The minimum absolute atomic E-state index is 0.158. The van der Waals surface area contributed by atoms with Crippen molar-refractivity contribution < 1.29 is 8.78 Å². The second-order valence-electron chi connectivity index (χ2n) is 3.85. The second-order valence-corrected chi connectivity index (χ2v) is 4.21. The van der Waals surface area contributed by atoms with Gasteiger partial charge in [-0.15, -0.1) is 0 Å². The number of hydrogen-bond donors (Lipinski definition) is 0. The minimum atomic E-state index is -0.657. The number of aryl methyl sites for hydroxylation is 1. The van der Waals surface area contributed by atoms with Gasteiger partial charge in [0.1, 0.15) is 22.6 Å². The van der Waals surface area contributed by atoms with Crippen molar-refractivity contribution in [3.05, 3.63) is 46.4 Å². The molecule has 0 saturated carbocycles. The van der Waals surface area contributed by atoms with Crippen LogP contribution in [0.3, 0.4) is 0 Å². The van der Waals surface area contributed by atoms with Gasteiger partial charge in [-0.2, -0.15) is 0 Å². The molecule has 0 saturated heterocycles. The van der Waals surface area contributed by atoms with Crippen molar-refractivity contribution >= 4 is 11.6 Å². The van der Waals surface area contributed by atoms with Crippen molar-refractivity contribution in [1.82, 2.24) is 9.97 Å². The van der Waals surface area contributed by atoms with Crippen LogP contribution < -0.4 is 0 Å². The summed E-state index contributed by atoms with van der Waals surface area (Å²) in [4.78, 5) is 8.21. The Morgan fingerprint density at radius 2 is 1.78 bits per heavy atom. The Hall–Kier alpha value is -1.55. The normalized spacial score (nSPS) is 10.7. The highest BCUT2D eigenvalue weighted by molar-refractivity contribution is 6.30. The average molecular weight is 269 g/mol. The van der Waals surface area contributed by atoms with Gasteiger partial charge in [0.05, 0.1) is 11.3 Å². The van der Waals surface area contributed by atoms with Gasteiger partial charge in [0.15, 0.2) is 0 Å². The lowest BCUT2D eigenvalue weighted by Gasteiger charge is -2.10. The minimum Gasteiger partial charge on any atom is -0.232 e. The van der Waals surface area contributed by atoms with Crippen molar-refractivity contribution in [3.8, 4) is 11.3 Å². The molecule has 0 N–H and O–H groups in total. The standard InChI is InChI=1S/C13H11ClF2N2/c1-3-10-17-12(7(2)13(14)18-10)11-8(15)5-4-6-9(11)16/h4-6H,3H2,1-2H3. The fourth-order valence-corrected chi connectivity index (χ4v) is 1.85. The number of nitrogens with zero attached hydrogens (tertiary/aromatic N) is 2. The molecule has 5 heteroatoms. The summed E-state index contributed by atoms with van der Waals surface area (Å²) in [5.41, 5.74) is 0.523. The lowest BCUT2D eigenvalue weighted by atomic mass is 10.1. The lowest BCUT2D eigenvalue weighted by Crippen LogP contribution is -2.02. The molecule has 0 atom stereocenters. The van der Waals surface area contributed by atoms with Gasteiger partial charge in [-0.05, 0) is 19.1 Å². The summed E-state index contributed by atoms with van der Waals surface area (Å²) < 4.78 is 27.5. The number of halogens is 3. The van der Waals surface area contributed by atoms with Crippen LogP contribution in [0, 0.1) is 18.6 Å². The zero-order chi connectivity index (χ0) is 13.3. The van der Waals surface area contributed by atoms with Crippen molar-refractivity contribution in [2.45, 2.75) is 20.3 Å². The summed E-state index contributed by atoms with van der Waals surface area (Å²) in [5, 5.41) is 0.222. The summed E-state index contributed by atoms with van der Waals surface area (Å²) in [5.74, 6) is -0.854. The van der Waals surface area contributed by atoms with Crippen LogP contribution in [-0.4, -0.2) is 9.97 Å². The summed E-state index contributed by atoms with van der Waals surface area (Å²) in [6.45, 7) is 3.49. The zero-order valence-electron chi connectivity index (χ0n) is 9.97. The Bertz CT molecular complexity index is 580. The average Bonchev–Trinajstić information content (AvgIpc) is 2.33.